The fraction of sp³-hybridized carbons (Fsp3) is 0.105. The van der Waals surface area contributed by atoms with Crippen molar-refractivity contribution < 1.29 is 19.4 Å². The predicted octanol–water partition coefficient (Wildman–Crippen LogP) is 3.86. The Morgan fingerprint density at radius 1 is 1.41 bits per heavy atom. The van der Waals surface area contributed by atoms with E-state index in [1.165, 1.54) is 7.11 Å². The number of ether oxygens (including phenoxy) is 2. The smallest absolute Gasteiger partial charge is 0.341 e. The summed E-state index contributed by atoms with van der Waals surface area (Å²) in [5, 5.41) is 18.3. The van der Waals surface area contributed by atoms with Gasteiger partial charge in [0.25, 0.3) is 0 Å². The Hall–Kier alpha value is -3.31. The number of imidazole rings is 1. The molecule has 8 heteroatoms. The van der Waals surface area contributed by atoms with Gasteiger partial charge in [-0.25, -0.2) is 9.78 Å². The standard InChI is InChI=1S/C19H14BrN3O4/c1-26-16-8-11(7-13(20)18(16)27-10-17(24)25)6-12(9-21)19-22-14-4-2-3-5-15(14)23-19/h2-8H,10H2,1H3,(H,22,23)(H,24,25)/b12-6+. The molecule has 0 aliphatic carbocycles. The molecule has 0 saturated carbocycles. The number of carboxylic acids is 1. The molecule has 0 aliphatic heterocycles. The van der Waals surface area contributed by atoms with Gasteiger partial charge in [0.05, 0.1) is 28.2 Å². The molecule has 0 fully saturated rings. The van der Waals surface area contributed by atoms with Crippen molar-refractivity contribution >= 4 is 44.6 Å². The first kappa shape index (κ1) is 18.5. The van der Waals surface area contributed by atoms with Crippen LogP contribution in [0, 0.1) is 11.3 Å². The molecule has 1 heterocycles. The average Bonchev–Trinajstić information content (AvgIpc) is 3.08. The van der Waals surface area contributed by atoms with E-state index in [0.717, 1.165) is 11.0 Å². The summed E-state index contributed by atoms with van der Waals surface area (Å²) in [5.41, 5.74) is 2.62. The van der Waals surface area contributed by atoms with Gasteiger partial charge in [0.2, 0.25) is 0 Å². The molecule has 0 radical (unpaired) electrons. The average molecular weight is 428 g/mol. The van der Waals surface area contributed by atoms with E-state index in [9.17, 15) is 10.1 Å². The number of allylic oxidation sites excluding steroid dienone is 1. The molecule has 0 amide bonds. The van der Waals surface area contributed by atoms with E-state index in [1.807, 2.05) is 24.3 Å². The monoisotopic (exact) mass is 427 g/mol. The number of halogens is 1. The number of aliphatic carboxylic acids is 1. The van der Waals surface area contributed by atoms with Crippen LogP contribution >= 0.6 is 15.9 Å². The van der Waals surface area contributed by atoms with Crippen molar-refractivity contribution in [2.75, 3.05) is 13.7 Å². The number of H-pyrrole nitrogens is 1. The van der Waals surface area contributed by atoms with Crippen molar-refractivity contribution in [3.8, 4) is 17.6 Å². The highest BCUT2D eigenvalue weighted by Crippen LogP contribution is 2.37. The van der Waals surface area contributed by atoms with Gasteiger partial charge in [-0.2, -0.15) is 5.26 Å². The van der Waals surface area contributed by atoms with Crippen molar-refractivity contribution in [3.05, 3.63) is 52.3 Å². The lowest BCUT2D eigenvalue weighted by molar-refractivity contribution is -0.139. The molecule has 2 aromatic carbocycles. The van der Waals surface area contributed by atoms with E-state index < -0.39 is 12.6 Å². The van der Waals surface area contributed by atoms with E-state index in [0.29, 0.717) is 27.2 Å². The van der Waals surface area contributed by atoms with Crippen molar-refractivity contribution in [1.29, 1.82) is 5.26 Å². The van der Waals surface area contributed by atoms with Gasteiger partial charge in [-0.1, -0.05) is 12.1 Å². The Balaban J connectivity index is 2.00. The normalized spacial score (nSPS) is 11.2. The number of hydrogen-bond donors (Lipinski definition) is 2. The maximum Gasteiger partial charge on any atom is 0.341 e. The van der Waals surface area contributed by atoms with Crippen LogP contribution in [-0.4, -0.2) is 34.8 Å². The molecule has 136 valence electrons. The third-order valence-electron chi connectivity index (χ3n) is 3.67. The maximum atomic E-state index is 10.7. The SMILES string of the molecule is COc1cc(/C=C(\C#N)c2nc3ccccc3[nH]2)cc(Br)c1OCC(=O)O. The second-order valence-corrected chi connectivity index (χ2v) is 6.34. The molecule has 2 N–H and O–H groups in total. The van der Waals surface area contributed by atoms with Crippen LogP contribution in [0.2, 0.25) is 0 Å². The van der Waals surface area contributed by atoms with Crippen LogP contribution < -0.4 is 9.47 Å². The highest BCUT2D eigenvalue weighted by Gasteiger charge is 2.14. The zero-order chi connectivity index (χ0) is 19.4. The van der Waals surface area contributed by atoms with Crippen molar-refractivity contribution in [1.82, 2.24) is 9.97 Å². The Morgan fingerprint density at radius 3 is 2.85 bits per heavy atom. The summed E-state index contributed by atoms with van der Waals surface area (Å²) in [6, 6.07) is 13.0. The number of hydrogen-bond acceptors (Lipinski definition) is 5. The molecule has 27 heavy (non-hydrogen) atoms. The molecule has 0 saturated heterocycles. The van der Waals surface area contributed by atoms with Gasteiger partial charge in [0.15, 0.2) is 18.1 Å². The van der Waals surface area contributed by atoms with Crippen LogP contribution in [0.4, 0.5) is 0 Å². The van der Waals surface area contributed by atoms with Crippen LogP contribution in [0.15, 0.2) is 40.9 Å². The molecule has 3 rings (SSSR count). The lowest BCUT2D eigenvalue weighted by Crippen LogP contribution is -2.10. The molecular formula is C19H14BrN3O4. The Morgan fingerprint density at radius 2 is 2.19 bits per heavy atom. The topological polar surface area (TPSA) is 108 Å². The largest absolute Gasteiger partial charge is 0.493 e. The zero-order valence-corrected chi connectivity index (χ0v) is 15.8. The third kappa shape index (κ3) is 4.10. The van der Waals surface area contributed by atoms with Crippen LogP contribution in [0.1, 0.15) is 11.4 Å². The zero-order valence-electron chi connectivity index (χ0n) is 14.2. The van der Waals surface area contributed by atoms with Crippen LogP contribution in [0.25, 0.3) is 22.7 Å². The van der Waals surface area contributed by atoms with Gasteiger partial charge >= 0.3 is 5.97 Å². The summed E-state index contributed by atoms with van der Waals surface area (Å²) < 4.78 is 11.1. The molecule has 0 bridgehead atoms. The molecule has 0 atom stereocenters. The first-order valence-corrected chi connectivity index (χ1v) is 8.60. The number of fused-ring (bicyclic) bond motifs is 1. The molecule has 0 spiro atoms. The van der Waals surface area contributed by atoms with Gasteiger partial charge in [-0.05, 0) is 51.8 Å². The van der Waals surface area contributed by atoms with Crippen molar-refractivity contribution in [2.24, 2.45) is 0 Å². The summed E-state index contributed by atoms with van der Waals surface area (Å²) in [7, 11) is 1.45. The quantitative estimate of drug-likeness (QED) is 0.578. The maximum absolute atomic E-state index is 10.7. The third-order valence-corrected chi connectivity index (χ3v) is 4.26. The molecule has 1 aromatic heterocycles. The lowest BCUT2D eigenvalue weighted by atomic mass is 10.1. The van der Waals surface area contributed by atoms with Gasteiger partial charge < -0.3 is 19.6 Å². The lowest BCUT2D eigenvalue weighted by Gasteiger charge is -2.12. The van der Waals surface area contributed by atoms with Gasteiger partial charge in [-0.3, -0.25) is 0 Å². The molecule has 7 nitrogen and oxygen atoms in total. The molecule has 0 unspecified atom stereocenters. The van der Waals surface area contributed by atoms with Gasteiger partial charge in [-0.15, -0.1) is 0 Å². The number of aromatic nitrogens is 2. The number of aromatic amines is 1. The van der Waals surface area contributed by atoms with E-state index >= 15 is 0 Å². The fourth-order valence-corrected chi connectivity index (χ4v) is 3.07. The number of carbonyl (C=O) groups is 1. The van der Waals surface area contributed by atoms with Crippen molar-refractivity contribution in [2.45, 2.75) is 0 Å². The first-order chi connectivity index (χ1) is 13.0. The minimum Gasteiger partial charge on any atom is -0.493 e. The van der Waals surface area contributed by atoms with Crippen LogP contribution in [0.3, 0.4) is 0 Å². The Labute approximate surface area is 163 Å². The number of nitrogens with one attached hydrogen (secondary N) is 1. The summed E-state index contributed by atoms with van der Waals surface area (Å²) in [6.45, 7) is -0.493. The summed E-state index contributed by atoms with van der Waals surface area (Å²) in [6.07, 6.45) is 1.66. The number of methoxy groups -OCH3 is 1. The van der Waals surface area contributed by atoms with Crippen LogP contribution in [0.5, 0.6) is 11.5 Å². The van der Waals surface area contributed by atoms with E-state index in [1.54, 1.807) is 18.2 Å². The second kappa shape index (κ2) is 7.93. The minimum absolute atomic E-state index is 0.277. The number of rotatable bonds is 6. The summed E-state index contributed by atoms with van der Waals surface area (Å²) in [5.74, 6) is -0.0114. The second-order valence-electron chi connectivity index (χ2n) is 5.49. The highest BCUT2D eigenvalue weighted by atomic mass is 79.9. The van der Waals surface area contributed by atoms with E-state index in [2.05, 4.69) is 32.0 Å². The predicted molar refractivity (Wildman–Crippen MR) is 103 cm³/mol. The minimum atomic E-state index is -1.09. The molecule has 0 aliphatic rings. The number of nitrogens with zero attached hydrogens (tertiary/aromatic N) is 2. The summed E-state index contributed by atoms with van der Waals surface area (Å²) in [4.78, 5) is 18.3. The Kier molecular flexibility index (Phi) is 5.43. The molecular weight excluding hydrogens is 414 g/mol. The molecule has 3 aromatic rings. The van der Waals surface area contributed by atoms with Crippen molar-refractivity contribution in [3.63, 3.8) is 0 Å². The number of nitriles is 1. The first-order valence-electron chi connectivity index (χ1n) is 7.81. The highest BCUT2D eigenvalue weighted by molar-refractivity contribution is 9.10. The van der Waals surface area contributed by atoms with Gasteiger partial charge in [0, 0.05) is 0 Å². The number of carboxylic acid groups (broad SMARTS) is 1. The summed E-state index contributed by atoms with van der Waals surface area (Å²) >= 11 is 3.35. The fourth-order valence-electron chi connectivity index (χ4n) is 2.50. The van der Waals surface area contributed by atoms with E-state index in [4.69, 9.17) is 14.6 Å². The number of benzene rings is 2. The van der Waals surface area contributed by atoms with E-state index in [-0.39, 0.29) is 5.75 Å². The number of para-hydroxylation sites is 2. The van der Waals surface area contributed by atoms with Gasteiger partial charge in [0.1, 0.15) is 11.9 Å². The Bertz CT molecular complexity index is 1050. The van der Waals surface area contributed by atoms with Crippen LogP contribution in [-0.2, 0) is 4.79 Å².